The molecular formula is C15H14BrClN2. The molecule has 3 rings (SSSR count). The number of hydrogen-bond acceptors (Lipinski definition) is 2. The van der Waals surface area contributed by atoms with Crippen LogP contribution in [0.5, 0.6) is 0 Å². The summed E-state index contributed by atoms with van der Waals surface area (Å²) in [6.07, 6.45) is 1.12. The van der Waals surface area contributed by atoms with Gasteiger partial charge in [0, 0.05) is 11.5 Å². The largest absolute Gasteiger partial charge is 0.231 e. The van der Waals surface area contributed by atoms with Gasteiger partial charge in [-0.2, -0.15) is 0 Å². The van der Waals surface area contributed by atoms with Crippen LogP contribution in [0.2, 0.25) is 5.15 Å². The van der Waals surface area contributed by atoms with Crippen LogP contribution in [0, 0.1) is 5.41 Å². The fraction of sp³-hybridized carbons (Fsp3) is 0.333. The van der Waals surface area contributed by atoms with Crippen molar-refractivity contribution in [2.24, 2.45) is 5.41 Å². The molecule has 1 aromatic carbocycles. The van der Waals surface area contributed by atoms with Gasteiger partial charge < -0.3 is 0 Å². The van der Waals surface area contributed by atoms with Gasteiger partial charge in [-0.15, -0.1) is 0 Å². The van der Waals surface area contributed by atoms with E-state index in [0.29, 0.717) is 16.5 Å². The highest BCUT2D eigenvalue weighted by Crippen LogP contribution is 2.58. The van der Waals surface area contributed by atoms with Crippen LogP contribution in [0.3, 0.4) is 0 Å². The van der Waals surface area contributed by atoms with E-state index in [0.717, 1.165) is 28.0 Å². The van der Waals surface area contributed by atoms with Crippen molar-refractivity contribution in [2.45, 2.75) is 26.2 Å². The number of rotatable bonds is 2. The second-order valence-electron chi connectivity index (χ2n) is 5.65. The molecule has 0 aliphatic heterocycles. The van der Waals surface area contributed by atoms with Gasteiger partial charge in [0.2, 0.25) is 0 Å². The quantitative estimate of drug-likeness (QED) is 0.715. The first-order valence-corrected chi connectivity index (χ1v) is 7.44. The zero-order chi connectivity index (χ0) is 13.6. The third-order valence-electron chi connectivity index (χ3n) is 3.70. The van der Waals surface area contributed by atoms with E-state index >= 15 is 0 Å². The van der Waals surface area contributed by atoms with Crippen LogP contribution in [-0.2, 0) is 0 Å². The van der Waals surface area contributed by atoms with Crippen LogP contribution in [0.15, 0.2) is 34.8 Å². The predicted molar refractivity (Wildman–Crippen MR) is 81.3 cm³/mol. The van der Waals surface area contributed by atoms with Crippen molar-refractivity contribution in [3.8, 4) is 11.3 Å². The molecule has 1 atom stereocenters. The standard InChI is InChI=1S/C15H14BrClN2/c1-15(2)8-10(15)14-18-12(11(16)13(17)19-14)9-6-4-3-5-7-9/h3-7,10H,8H2,1-2H3. The summed E-state index contributed by atoms with van der Waals surface area (Å²) in [4.78, 5) is 9.14. The minimum atomic E-state index is 0.297. The first-order valence-electron chi connectivity index (χ1n) is 6.27. The van der Waals surface area contributed by atoms with Gasteiger partial charge in [0.25, 0.3) is 0 Å². The summed E-state index contributed by atoms with van der Waals surface area (Å²) < 4.78 is 0.766. The summed E-state index contributed by atoms with van der Waals surface area (Å²) in [6.45, 7) is 4.47. The molecule has 0 saturated heterocycles. The van der Waals surface area contributed by atoms with Crippen molar-refractivity contribution in [3.63, 3.8) is 0 Å². The molecule has 0 bridgehead atoms. The number of hydrogen-bond donors (Lipinski definition) is 0. The van der Waals surface area contributed by atoms with Crippen LogP contribution in [-0.4, -0.2) is 9.97 Å². The van der Waals surface area contributed by atoms with Crippen molar-refractivity contribution in [1.82, 2.24) is 9.97 Å². The number of aromatic nitrogens is 2. The van der Waals surface area contributed by atoms with E-state index in [-0.39, 0.29) is 0 Å². The molecule has 0 spiro atoms. The molecule has 1 saturated carbocycles. The third-order valence-corrected chi connectivity index (χ3v) is 4.95. The smallest absolute Gasteiger partial charge is 0.147 e. The average Bonchev–Trinajstić information content (AvgIpc) is 3.03. The van der Waals surface area contributed by atoms with Gasteiger partial charge in [0.15, 0.2) is 0 Å². The lowest BCUT2D eigenvalue weighted by Gasteiger charge is -2.09. The first-order chi connectivity index (χ1) is 8.99. The van der Waals surface area contributed by atoms with Crippen molar-refractivity contribution in [2.75, 3.05) is 0 Å². The second kappa shape index (κ2) is 4.57. The summed E-state index contributed by atoms with van der Waals surface area (Å²) in [5.74, 6) is 1.28. The molecule has 4 heteroatoms. The van der Waals surface area contributed by atoms with Crippen molar-refractivity contribution in [3.05, 3.63) is 45.8 Å². The maximum absolute atomic E-state index is 6.24. The Morgan fingerprint density at radius 2 is 1.84 bits per heavy atom. The summed E-state index contributed by atoms with van der Waals surface area (Å²) in [5, 5.41) is 0.492. The highest BCUT2D eigenvalue weighted by molar-refractivity contribution is 9.10. The Morgan fingerprint density at radius 1 is 1.21 bits per heavy atom. The lowest BCUT2D eigenvalue weighted by molar-refractivity contribution is 0.608. The molecule has 1 unspecified atom stereocenters. The number of nitrogens with zero attached hydrogens (tertiary/aromatic N) is 2. The number of benzene rings is 1. The van der Waals surface area contributed by atoms with E-state index in [9.17, 15) is 0 Å². The Labute approximate surface area is 126 Å². The minimum Gasteiger partial charge on any atom is -0.231 e. The SMILES string of the molecule is CC1(C)CC1c1nc(Cl)c(Br)c(-c2ccccc2)n1. The van der Waals surface area contributed by atoms with E-state index in [2.05, 4.69) is 34.8 Å². The molecule has 1 aromatic heterocycles. The lowest BCUT2D eigenvalue weighted by atomic mass is 10.1. The molecular weight excluding hydrogens is 324 g/mol. The normalized spacial score (nSPS) is 20.3. The minimum absolute atomic E-state index is 0.297. The predicted octanol–water partition coefficient (Wildman–Crippen LogP) is 5.07. The zero-order valence-corrected chi connectivity index (χ0v) is 13.2. The molecule has 1 aliphatic rings. The van der Waals surface area contributed by atoms with Gasteiger partial charge in [-0.25, -0.2) is 9.97 Å². The van der Waals surface area contributed by atoms with E-state index in [1.54, 1.807) is 0 Å². The Balaban J connectivity index is 2.10. The van der Waals surface area contributed by atoms with Crippen LogP contribution < -0.4 is 0 Å². The summed E-state index contributed by atoms with van der Waals surface area (Å²) in [7, 11) is 0. The first kappa shape index (κ1) is 13.1. The van der Waals surface area contributed by atoms with Gasteiger partial charge in [0.05, 0.1) is 10.2 Å². The maximum atomic E-state index is 6.24. The summed E-state index contributed by atoms with van der Waals surface area (Å²) >= 11 is 9.73. The fourth-order valence-corrected chi connectivity index (χ4v) is 2.87. The third kappa shape index (κ3) is 2.41. The van der Waals surface area contributed by atoms with E-state index in [1.807, 2.05) is 30.3 Å². The topological polar surface area (TPSA) is 25.8 Å². The van der Waals surface area contributed by atoms with E-state index in [4.69, 9.17) is 16.6 Å². The highest BCUT2D eigenvalue weighted by atomic mass is 79.9. The Kier molecular flexibility index (Phi) is 3.14. The molecule has 0 radical (unpaired) electrons. The van der Waals surface area contributed by atoms with Crippen LogP contribution in [0.25, 0.3) is 11.3 Å². The van der Waals surface area contributed by atoms with Gasteiger partial charge in [-0.3, -0.25) is 0 Å². The van der Waals surface area contributed by atoms with Gasteiger partial charge in [-0.05, 0) is 27.8 Å². The van der Waals surface area contributed by atoms with Crippen LogP contribution >= 0.6 is 27.5 Å². The Hall–Kier alpha value is -0.930. The maximum Gasteiger partial charge on any atom is 0.147 e. The van der Waals surface area contributed by atoms with E-state index in [1.165, 1.54) is 0 Å². The molecule has 1 heterocycles. The average molecular weight is 338 g/mol. The molecule has 0 N–H and O–H groups in total. The molecule has 1 aliphatic carbocycles. The Morgan fingerprint density at radius 3 is 2.42 bits per heavy atom. The molecule has 98 valence electrons. The lowest BCUT2D eigenvalue weighted by Crippen LogP contribution is -2.00. The molecule has 2 aromatic rings. The molecule has 19 heavy (non-hydrogen) atoms. The second-order valence-corrected chi connectivity index (χ2v) is 6.80. The Bertz CT molecular complexity index is 626. The van der Waals surface area contributed by atoms with Gasteiger partial charge >= 0.3 is 0 Å². The molecule has 1 fully saturated rings. The van der Waals surface area contributed by atoms with Crippen LogP contribution in [0.4, 0.5) is 0 Å². The summed E-state index contributed by atoms with van der Waals surface area (Å²) in [5.41, 5.74) is 2.22. The van der Waals surface area contributed by atoms with Gasteiger partial charge in [0.1, 0.15) is 11.0 Å². The van der Waals surface area contributed by atoms with Crippen molar-refractivity contribution >= 4 is 27.5 Å². The fourth-order valence-electron chi connectivity index (χ4n) is 2.29. The van der Waals surface area contributed by atoms with Gasteiger partial charge in [-0.1, -0.05) is 55.8 Å². The molecule has 2 nitrogen and oxygen atoms in total. The molecule has 0 amide bonds. The van der Waals surface area contributed by atoms with Crippen molar-refractivity contribution < 1.29 is 0 Å². The van der Waals surface area contributed by atoms with Crippen molar-refractivity contribution in [1.29, 1.82) is 0 Å². The monoisotopic (exact) mass is 336 g/mol. The van der Waals surface area contributed by atoms with E-state index < -0.39 is 0 Å². The highest BCUT2D eigenvalue weighted by Gasteiger charge is 2.48. The number of halogens is 2. The van der Waals surface area contributed by atoms with Crippen LogP contribution in [0.1, 0.15) is 32.0 Å². The zero-order valence-electron chi connectivity index (χ0n) is 10.8. The summed E-state index contributed by atoms with van der Waals surface area (Å²) in [6, 6.07) is 10.1.